The van der Waals surface area contributed by atoms with E-state index in [4.69, 9.17) is 9.47 Å². The van der Waals surface area contributed by atoms with Gasteiger partial charge in [-0.05, 0) is 60.3 Å². The van der Waals surface area contributed by atoms with Crippen LogP contribution in [0.15, 0.2) is 60.9 Å². The van der Waals surface area contributed by atoms with Crippen LogP contribution >= 0.6 is 0 Å². The van der Waals surface area contributed by atoms with E-state index in [9.17, 15) is 24.3 Å². The molecule has 5 heterocycles. The van der Waals surface area contributed by atoms with Crippen molar-refractivity contribution in [3.05, 3.63) is 72.6 Å². The molecule has 16 heteroatoms. The van der Waals surface area contributed by atoms with Crippen molar-refractivity contribution < 1.29 is 33.8 Å². The lowest BCUT2D eigenvalue weighted by molar-refractivity contribution is -0.136. The average molecular weight is 796 g/mol. The number of carboxylic acid groups (broad SMARTS) is 1. The topological polar surface area (TPSA) is 198 Å². The molecule has 308 valence electrons. The Morgan fingerprint density at radius 1 is 0.776 bits per heavy atom. The van der Waals surface area contributed by atoms with Gasteiger partial charge in [-0.3, -0.25) is 14.5 Å². The Labute approximate surface area is 337 Å². The number of aromatic amines is 2. The largest absolute Gasteiger partial charge is 0.465 e. The monoisotopic (exact) mass is 795 g/mol. The van der Waals surface area contributed by atoms with Crippen molar-refractivity contribution in [3.8, 4) is 33.6 Å². The fourth-order valence-corrected chi connectivity index (χ4v) is 8.24. The van der Waals surface area contributed by atoms with Gasteiger partial charge in [0.05, 0.1) is 56.2 Å². The van der Waals surface area contributed by atoms with Gasteiger partial charge in [0.15, 0.2) is 0 Å². The van der Waals surface area contributed by atoms with Crippen molar-refractivity contribution in [1.82, 2.24) is 45.3 Å². The van der Waals surface area contributed by atoms with Gasteiger partial charge in [-0.1, -0.05) is 62.4 Å². The maximum absolute atomic E-state index is 13.7. The second kappa shape index (κ2) is 18.2. The summed E-state index contributed by atoms with van der Waals surface area (Å²) in [6.45, 7) is 8.34. The zero-order valence-electron chi connectivity index (χ0n) is 33.3. The summed E-state index contributed by atoms with van der Waals surface area (Å²) in [7, 11) is 1.29. The normalized spacial score (nSPS) is 19.6. The van der Waals surface area contributed by atoms with E-state index in [0.717, 1.165) is 72.4 Å². The van der Waals surface area contributed by atoms with E-state index in [0.29, 0.717) is 50.9 Å². The number of alkyl carbamates (subject to hydrolysis) is 1. The van der Waals surface area contributed by atoms with Crippen LogP contribution < -0.4 is 10.6 Å². The van der Waals surface area contributed by atoms with E-state index >= 15 is 0 Å². The molecule has 7 rings (SSSR count). The molecule has 0 saturated carbocycles. The number of carbonyl (C=O) groups is 4. The number of hydrogen-bond donors (Lipinski definition) is 5. The summed E-state index contributed by atoms with van der Waals surface area (Å²) in [6.07, 6.45) is 5.29. The van der Waals surface area contributed by atoms with Crippen molar-refractivity contribution in [2.24, 2.45) is 5.92 Å². The van der Waals surface area contributed by atoms with E-state index in [1.807, 2.05) is 38.1 Å². The number of hydrogen-bond acceptors (Lipinski definition) is 9. The fraction of sp³-hybridized carbons (Fsp3) is 0.476. The van der Waals surface area contributed by atoms with Gasteiger partial charge in [0.2, 0.25) is 11.8 Å². The molecule has 0 spiro atoms. The first kappa shape index (κ1) is 40.5. The number of amides is 4. The number of nitrogens with one attached hydrogen (secondary N) is 4. The predicted molar refractivity (Wildman–Crippen MR) is 215 cm³/mol. The van der Waals surface area contributed by atoms with Crippen LogP contribution in [0.25, 0.3) is 33.6 Å². The highest BCUT2D eigenvalue weighted by atomic mass is 16.5. The Morgan fingerprint density at radius 2 is 1.28 bits per heavy atom. The first-order valence-electron chi connectivity index (χ1n) is 20.2. The van der Waals surface area contributed by atoms with Crippen molar-refractivity contribution in [3.63, 3.8) is 0 Å². The second-order valence-electron chi connectivity index (χ2n) is 15.5. The van der Waals surface area contributed by atoms with Crippen LogP contribution in [0.2, 0.25) is 0 Å². The first-order valence-corrected chi connectivity index (χ1v) is 20.2. The lowest BCUT2D eigenvalue weighted by atomic mass is 10.0. The molecule has 4 aromatic rings. The number of imidazole rings is 2. The minimum Gasteiger partial charge on any atom is -0.465 e. The molecule has 16 nitrogen and oxygen atoms in total. The number of carbonyl (C=O) groups excluding carboxylic acids is 3. The zero-order chi connectivity index (χ0) is 40.8. The summed E-state index contributed by atoms with van der Waals surface area (Å²) in [5.74, 6) is 0.925. The van der Waals surface area contributed by atoms with Gasteiger partial charge in [0.25, 0.3) is 0 Å². The van der Waals surface area contributed by atoms with Crippen molar-refractivity contribution in [2.45, 2.75) is 70.1 Å². The maximum Gasteiger partial charge on any atom is 0.407 e. The van der Waals surface area contributed by atoms with Gasteiger partial charge in [0, 0.05) is 32.7 Å². The first-order chi connectivity index (χ1) is 28.1. The molecule has 5 N–H and O–H groups in total. The van der Waals surface area contributed by atoms with Gasteiger partial charge in [-0.2, -0.15) is 0 Å². The SMILES string of the molecule is COC(=O)N[C@H](C(=O)N1CCCC1c1ncc(-c2ccc(-c3ccc(-c4cnc([C@@H]5CCCN5C(=O)[C@H](CCN5CCOCC5)NC(=O)O)[nH]4)cc3)cc2)[nH]1)C(C)C. The number of nitrogens with zero attached hydrogens (tertiary/aromatic N) is 5. The molecule has 4 atom stereocenters. The molecule has 1 unspecified atom stereocenters. The smallest absolute Gasteiger partial charge is 0.407 e. The summed E-state index contributed by atoms with van der Waals surface area (Å²) in [5.41, 5.74) is 5.70. The van der Waals surface area contributed by atoms with Crippen molar-refractivity contribution in [1.29, 1.82) is 0 Å². The molecule has 3 saturated heterocycles. The van der Waals surface area contributed by atoms with Gasteiger partial charge >= 0.3 is 12.2 Å². The lowest BCUT2D eigenvalue weighted by Crippen LogP contribution is -2.51. The average Bonchev–Trinajstić information content (AvgIpc) is 4.08. The third-order valence-corrected chi connectivity index (χ3v) is 11.4. The summed E-state index contributed by atoms with van der Waals surface area (Å²) < 4.78 is 10.2. The highest BCUT2D eigenvalue weighted by Crippen LogP contribution is 2.35. The van der Waals surface area contributed by atoms with Crippen LogP contribution in [0.1, 0.15) is 69.7 Å². The summed E-state index contributed by atoms with van der Waals surface area (Å²) in [6, 6.07) is 14.4. The Morgan fingerprint density at radius 3 is 1.76 bits per heavy atom. The van der Waals surface area contributed by atoms with Gasteiger partial charge in [-0.15, -0.1) is 0 Å². The summed E-state index contributed by atoms with van der Waals surface area (Å²) in [5, 5.41) is 14.7. The number of benzene rings is 2. The number of rotatable bonds is 13. The molecule has 58 heavy (non-hydrogen) atoms. The van der Waals surface area contributed by atoms with E-state index in [2.05, 4.69) is 59.7 Å². The standard InChI is InChI=1S/C42H53N9O7/c1-26(2)36(48-42(56)57-3)40(53)51-18-5-7-35(51)38-44-25-33(46-38)30-14-10-28(11-15-30)27-8-12-29(13-9-27)32-24-43-37(45-32)34-6-4-17-50(34)39(52)31(47-41(54)55)16-19-49-20-22-58-23-21-49/h8-15,24-26,31,34-36,47H,4-7,16-23H2,1-3H3,(H,43,45)(H,44,46)(H,48,56)(H,54,55)/t31-,34-,35?,36-/m0/s1. The molecule has 0 radical (unpaired) electrons. The number of morpholine rings is 1. The zero-order valence-corrected chi connectivity index (χ0v) is 33.3. The molecule has 2 aromatic carbocycles. The lowest BCUT2D eigenvalue weighted by Gasteiger charge is -2.31. The van der Waals surface area contributed by atoms with Crippen molar-refractivity contribution >= 4 is 24.0 Å². The number of ether oxygens (including phenoxy) is 2. The summed E-state index contributed by atoms with van der Waals surface area (Å²) >= 11 is 0. The van der Waals surface area contributed by atoms with Crippen molar-refractivity contribution in [2.75, 3.05) is 53.0 Å². The molecular weight excluding hydrogens is 743 g/mol. The minimum atomic E-state index is -1.21. The summed E-state index contributed by atoms with van der Waals surface area (Å²) in [4.78, 5) is 72.9. The molecule has 2 aromatic heterocycles. The number of aromatic nitrogens is 4. The van der Waals surface area contributed by atoms with Gasteiger partial charge in [-0.25, -0.2) is 19.6 Å². The van der Waals surface area contributed by atoms with Crippen LogP contribution in [0.5, 0.6) is 0 Å². The molecular formula is C42H53N9O7. The number of methoxy groups -OCH3 is 1. The van der Waals surface area contributed by atoms with E-state index < -0.39 is 24.3 Å². The highest BCUT2D eigenvalue weighted by Gasteiger charge is 2.38. The molecule has 3 aliphatic rings. The third kappa shape index (κ3) is 9.18. The number of likely N-dealkylation sites (tertiary alicyclic amines) is 2. The Bertz CT molecular complexity index is 2040. The van der Waals surface area contributed by atoms with Crippen LogP contribution in [-0.4, -0.2) is 129 Å². The molecule has 3 fully saturated rings. The van der Waals surface area contributed by atoms with Gasteiger partial charge < -0.3 is 45.0 Å². The fourth-order valence-electron chi connectivity index (χ4n) is 8.24. The third-order valence-electron chi connectivity index (χ3n) is 11.4. The molecule has 0 aliphatic carbocycles. The van der Waals surface area contributed by atoms with Crippen LogP contribution in [-0.2, 0) is 19.1 Å². The maximum atomic E-state index is 13.7. The Kier molecular flexibility index (Phi) is 12.7. The van der Waals surface area contributed by atoms with Crippen LogP contribution in [0.4, 0.5) is 9.59 Å². The highest BCUT2D eigenvalue weighted by molar-refractivity contribution is 5.87. The minimum absolute atomic E-state index is 0.110. The second-order valence-corrected chi connectivity index (χ2v) is 15.5. The predicted octanol–water partition coefficient (Wildman–Crippen LogP) is 5.20. The molecule has 4 amide bonds. The van der Waals surface area contributed by atoms with E-state index in [1.54, 1.807) is 22.2 Å². The Balaban J connectivity index is 0.980. The Hall–Kier alpha value is -5.74. The molecule has 0 bridgehead atoms. The van der Waals surface area contributed by atoms with Crippen LogP contribution in [0.3, 0.4) is 0 Å². The molecule has 3 aliphatic heterocycles. The number of H-pyrrole nitrogens is 2. The van der Waals surface area contributed by atoms with Crippen LogP contribution in [0, 0.1) is 5.92 Å². The van der Waals surface area contributed by atoms with E-state index in [1.165, 1.54) is 7.11 Å². The quantitative estimate of drug-likeness (QED) is 0.120. The van der Waals surface area contributed by atoms with Gasteiger partial charge in [0.1, 0.15) is 23.7 Å². The van der Waals surface area contributed by atoms with E-state index in [-0.39, 0.29) is 29.8 Å².